The van der Waals surface area contributed by atoms with E-state index in [1.54, 1.807) is 0 Å². The van der Waals surface area contributed by atoms with Gasteiger partial charge in [0.05, 0.1) is 16.6 Å². The van der Waals surface area contributed by atoms with Crippen LogP contribution in [0.15, 0.2) is 110 Å². The molecule has 0 saturated heterocycles. The Hall–Kier alpha value is -4.40. The summed E-state index contributed by atoms with van der Waals surface area (Å²) in [7, 11) is -0.898. The van der Waals surface area contributed by atoms with Gasteiger partial charge < -0.3 is 0 Å². The third-order valence-electron chi connectivity index (χ3n) is 7.18. The van der Waals surface area contributed by atoms with E-state index in [-0.39, 0.29) is 0 Å². The highest BCUT2D eigenvalue weighted by atomic mass is 31.1. The number of rotatable bonds is 4. The number of hydrogen-bond donors (Lipinski definition) is 0. The third-order valence-corrected chi connectivity index (χ3v) is 9.63. The normalized spacial score (nSPS) is 12.8. The molecule has 0 fully saturated rings. The van der Waals surface area contributed by atoms with Gasteiger partial charge in [0.1, 0.15) is 5.65 Å². The van der Waals surface area contributed by atoms with E-state index in [2.05, 4.69) is 119 Å². The van der Waals surface area contributed by atoms with Crippen molar-refractivity contribution in [1.29, 1.82) is 0 Å². The van der Waals surface area contributed by atoms with Crippen molar-refractivity contribution in [2.45, 2.75) is 13.8 Å². The number of pyridine rings is 3. The van der Waals surface area contributed by atoms with Crippen LogP contribution >= 0.6 is 7.92 Å². The molecule has 4 heterocycles. The highest BCUT2D eigenvalue weighted by molar-refractivity contribution is 7.80. The second-order valence-corrected chi connectivity index (χ2v) is 11.6. The molecule has 0 bridgehead atoms. The summed E-state index contributed by atoms with van der Waals surface area (Å²) in [6.07, 6.45) is 9.98. The van der Waals surface area contributed by atoms with Gasteiger partial charge in [0.15, 0.2) is 0 Å². The standard InChI is InChI=1S/C33H25N4P/c1-3-8-26-22(2)37-32-29(36-33(37)28-11-5-4-10-27(26)28)12-6-13-31(32)38(24-16-19-34-20-17-24)25-15-14-23-9-7-18-35-30(23)21-25/h3-21H,1-2H3/b8-3-. The molecule has 182 valence electrons. The Balaban J connectivity index is 1.61. The summed E-state index contributed by atoms with van der Waals surface area (Å²) in [6.45, 7) is 4.29. The van der Waals surface area contributed by atoms with E-state index in [1.165, 1.54) is 38.1 Å². The second-order valence-electron chi connectivity index (χ2n) is 9.38. The summed E-state index contributed by atoms with van der Waals surface area (Å²) >= 11 is 0. The van der Waals surface area contributed by atoms with Crippen LogP contribution in [0.25, 0.3) is 44.4 Å². The Kier molecular flexibility index (Phi) is 5.49. The molecule has 3 aromatic carbocycles. The second kappa shape index (κ2) is 9.16. The van der Waals surface area contributed by atoms with Crippen molar-refractivity contribution in [2.75, 3.05) is 0 Å². The van der Waals surface area contributed by atoms with Crippen LogP contribution in [0.5, 0.6) is 0 Å². The number of fused-ring (bicyclic) bond motifs is 6. The monoisotopic (exact) mass is 508 g/mol. The van der Waals surface area contributed by atoms with Crippen LogP contribution in [0.2, 0.25) is 0 Å². The molecular weight excluding hydrogens is 483 g/mol. The Morgan fingerprint density at radius 3 is 2.45 bits per heavy atom. The summed E-state index contributed by atoms with van der Waals surface area (Å²) in [5.41, 5.74) is 6.60. The first-order chi connectivity index (χ1) is 18.7. The SMILES string of the molecule is C/C=C\c1c(C)n2c(nc3cccc(P(c4ccncc4)c4ccc5cccnc5c4)c32)c2ccccc12. The largest absolute Gasteiger partial charge is 0.295 e. The van der Waals surface area contributed by atoms with Crippen LogP contribution < -0.4 is 15.9 Å². The van der Waals surface area contributed by atoms with E-state index in [1.807, 2.05) is 24.7 Å². The number of benzene rings is 3. The molecule has 1 unspecified atom stereocenters. The van der Waals surface area contributed by atoms with E-state index >= 15 is 0 Å². The highest BCUT2D eigenvalue weighted by Crippen LogP contribution is 2.38. The summed E-state index contributed by atoms with van der Waals surface area (Å²) < 4.78 is 2.37. The summed E-state index contributed by atoms with van der Waals surface area (Å²) in [4.78, 5) is 14.2. The third kappa shape index (κ3) is 3.53. The summed E-state index contributed by atoms with van der Waals surface area (Å²) in [5, 5.41) is 7.32. The highest BCUT2D eigenvalue weighted by Gasteiger charge is 2.24. The summed E-state index contributed by atoms with van der Waals surface area (Å²) in [5.74, 6) is 0. The number of hydrogen-bond acceptors (Lipinski definition) is 3. The Morgan fingerprint density at radius 1 is 0.763 bits per heavy atom. The smallest absolute Gasteiger partial charge is 0.146 e. The van der Waals surface area contributed by atoms with E-state index in [4.69, 9.17) is 4.98 Å². The van der Waals surface area contributed by atoms with Crippen molar-refractivity contribution in [3.63, 3.8) is 0 Å². The van der Waals surface area contributed by atoms with Gasteiger partial charge in [0, 0.05) is 45.9 Å². The van der Waals surface area contributed by atoms with Crippen molar-refractivity contribution in [3.05, 3.63) is 121 Å². The molecule has 38 heavy (non-hydrogen) atoms. The molecule has 4 nitrogen and oxygen atoms in total. The van der Waals surface area contributed by atoms with Gasteiger partial charge in [0.2, 0.25) is 0 Å². The van der Waals surface area contributed by atoms with Gasteiger partial charge in [-0.25, -0.2) is 4.98 Å². The molecule has 0 aliphatic rings. The predicted octanol–water partition coefficient (Wildman–Crippen LogP) is 6.68. The number of para-hydroxylation sites is 1. The fourth-order valence-corrected chi connectivity index (χ4v) is 7.94. The molecule has 5 heteroatoms. The van der Waals surface area contributed by atoms with Gasteiger partial charge in [-0.3, -0.25) is 14.4 Å². The van der Waals surface area contributed by atoms with E-state index in [9.17, 15) is 0 Å². The van der Waals surface area contributed by atoms with Gasteiger partial charge >= 0.3 is 0 Å². The minimum absolute atomic E-state index is 0.898. The van der Waals surface area contributed by atoms with Gasteiger partial charge in [-0.05, 0) is 68.1 Å². The molecule has 0 amide bonds. The van der Waals surface area contributed by atoms with Crippen molar-refractivity contribution in [3.8, 4) is 0 Å². The molecule has 0 saturated carbocycles. The van der Waals surface area contributed by atoms with Crippen LogP contribution in [-0.4, -0.2) is 19.4 Å². The fourth-order valence-electron chi connectivity index (χ4n) is 5.52. The molecule has 7 aromatic rings. The molecule has 7 rings (SSSR count). The predicted molar refractivity (Wildman–Crippen MR) is 161 cm³/mol. The van der Waals surface area contributed by atoms with Crippen LogP contribution in [0.3, 0.4) is 0 Å². The van der Waals surface area contributed by atoms with Gasteiger partial charge in [-0.15, -0.1) is 0 Å². The first-order valence-electron chi connectivity index (χ1n) is 12.7. The van der Waals surface area contributed by atoms with Crippen molar-refractivity contribution >= 4 is 68.3 Å². The quantitative estimate of drug-likeness (QED) is 0.249. The van der Waals surface area contributed by atoms with Crippen LogP contribution in [0.1, 0.15) is 18.2 Å². The van der Waals surface area contributed by atoms with Crippen molar-refractivity contribution < 1.29 is 0 Å². The first-order valence-corrected chi connectivity index (χ1v) is 14.1. The Labute approximate surface area is 222 Å². The fraction of sp³-hybridized carbons (Fsp3) is 0.0606. The number of imidazole rings is 1. The zero-order valence-corrected chi connectivity index (χ0v) is 22.1. The molecule has 0 radical (unpaired) electrons. The van der Waals surface area contributed by atoms with E-state index in [0.29, 0.717) is 0 Å². The van der Waals surface area contributed by atoms with Crippen LogP contribution in [0, 0.1) is 6.92 Å². The lowest BCUT2D eigenvalue weighted by Gasteiger charge is -2.21. The maximum absolute atomic E-state index is 5.21. The number of allylic oxidation sites excluding steroid dienone is 1. The maximum Gasteiger partial charge on any atom is 0.146 e. The van der Waals surface area contributed by atoms with E-state index in [0.717, 1.165) is 27.5 Å². The average Bonchev–Trinajstić information content (AvgIpc) is 3.37. The number of nitrogens with zero attached hydrogens (tertiary/aromatic N) is 4. The molecule has 1 atom stereocenters. The van der Waals surface area contributed by atoms with Crippen LogP contribution in [-0.2, 0) is 0 Å². The van der Waals surface area contributed by atoms with Crippen molar-refractivity contribution in [1.82, 2.24) is 19.4 Å². The lowest BCUT2D eigenvalue weighted by Crippen LogP contribution is -2.22. The molecule has 0 spiro atoms. The number of aromatic nitrogens is 4. The molecule has 0 aliphatic heterocycles. The van der Waals surface area contributed by atoms with Crippen LogP contribution in [0.4, 0.5) is 0 Å². The molecule has 0 N–H and O–H groups in total. The zero-order valence-electron chi connectivity index (χ0n) is 21.2. The molecular formula is C33H25N4P. The van der Waals surface area contributed by atoms with Gasteiger partial charge in [-0.2, -0.15) is 0 Å². The summed E-state index contributed by atoms with van der Waals surface area (Å²) in [6, 6.07) is 30.2. The lowest BCUT2D eigenvalue weighted by molar-refractivity contribution is 1.14. The molecule has 4 aromatic heterocycles. The number of aryl methyl sites for hydroxylation is 1. The van der Waals surface area contributed by atoms with Crippen molar-refractivity contribution in [2.24, 2.45) is 0 Å². The minimum Gasteiger partial charge on any atom is -0.295 e. The Morgan fingerprint density at radius 2 is 1.61 bits per heavy atom. The average molecular weight is 509 g/mol. The zero-order chi connectivity index (χ0) is 25.6. The lowest BCUT2D eigenvalue weighted by atomic mass is 10.0. The van der Waals surface area contributed by atoms with Gasteiger partial charge in [-0.1, -0.05) is 66.7 Å². The topological polar surface area (TPSA) is 43.1 Å². The van der Waals surface area contributed by atoms with E-state index < -0.39 is 7.92 Å². The minimum atomic E-state index is -0.898. The maximum atomic E-state index is 5.21. The Bertz CT molecular complexity index is 2010. The van der Waals surface area contributed by atoms with Gasteiger partial charge in [0.25, 0.3) is 0 Å². The molecule has 0 aliphatic carbocycles. The first kappa shape index (κ1) is 22.8.